The van der Waals surface area contributed by atoms with Gasteiger partial charge in [0.1, 0.15) is 0 Å². The summed E-state index contributed by atoms with van der Waals surface area (Å²) in [6.45, 7) is 0. The molecule has 1 saturated carbocycles. The molecule has 8 aliphatic rings. The Morgan fingerprint density at radius 1 is 0.818 bits per heavy atom. The molecular weight excluding hydrogens is 555 g/mol. The summed E-state index contributed by atoms with van der Waals surface area (Å²) in [4.78, 5) is 4.42. The molecule has 2 fully saturated rings. The largest absolute Gasteiger partial charge is 0.337 e. The minimum atomic E-state index is 0.209. The van der Waals surface area contributed by atoms with Gasteiger partial charge in [-0.3, -0.25) is 10.6 Å². The molecule has 1 saturated heterocycles. The van der Waals surface area contributed by atoms with Crippen molar-refractivity contribution in [1.29, 1.82) is 0 Å². The van der Waals surface area contributed by atoms with Gasteiger partial charge in [0.2, 0.25) is 0 Å². The summed E-state index contributed by atoms with van der Waals surface area (Å²) < 4.78 is 0. The van der Waals surface area contributed by atoms with Crippen LogP contribution in [0.15, 0.2) is 94.1 Å². The summed E-state index contributed by atoms with van der Waals surface area (Å²) in [6.07, 6.45) is 35.7. The molecule has 3 heterocycles. The molecule has 230 valence electrons. The van der Waals surface area contributed by atoms with Gasteiger partial charge in [-0.05, 0) is 116 Å². The third-order valence-corrected chi connectivity index (χ3v) is 13.9. The Hall–Kier alpha value is -2.27. The van der Waals surface area contributed by atoms with Gasteiger partial charge in [0.15, 0.2) is 0 Å². The van der Waals surface area contributed by atoms with Crippen molar-refractivity contribution in [2.24, 2.45) is 17.8 Å². The molecule has 4 heteroatoms. The monoisotopic (exact) mass is 603 g/mol. The molecule has 0 amide bonds. The first-order chi connectivity index (χ1) is 21.8. The predicted octanol–water partition coefficient (Wildman–Crippen LogP) is 9.40. The normalized spacial score (nSPS) is 36.7. The number of nitrogens with one attached hydrogen (secondary N) is 2. The van der Waals surface area contributed by atoms with Gasteiger partial charge in [-0.25, -0.2) is 0 Å². The summed E-state index contributed by atoms with van der Waals surface area (Å²) in [6, 6.07) is 11.2. The van der Waals surface area contributed by atoms with Gasteiger partial charge in [0.05, 0.1) is 12.2 Å². The highest BCUT2D eigenvalue weighted by Gasteiger charge is 2.44. The van der Waals surface area contributed by atoms with Crippen molar-refractivity contribution in [3.05, 3.63) is 99.7 Å². The van der Waals surface area contributed by atoms with Crippen LogP contribution in [0.4, 0.5) is 5.69 Å². The molecule has 3 nitrogen and oxygen atoms in total. The molecular formula is C40H49N3S. The topological polar surface area (TPSA) is 27.3 Å². The zero-order valence-electron chi connectivity index (χ0n) is 26.2. The molecule has 44 heavy (non-hydrogen) atoms. The lowest BCUT2D eigenvalue weighted by Crippen LogP contribution is -2.57. The highest BCUT2D eigenvalue weighted by Crippen LogP contribution is 2.55. The lowest BCUT2D eigenvalue weighted by atomic mass is 9.74. The Kier molecular flexibility index (Phi) is 7.52. The molecule has 0 radical (unpaired) electrons. The molecule has 1 aromatic carbocycles. The van der Waals surface area contributed by atoms with Crippen molar-refractivity contribution in [2.45, 2.75) is 119 Å². The Morgan fingerprint density at radius 3 is 2.59 bits per heavy atom. The fourth-order valence-electron chi connectivity index (χ4n) is 10.2. The number of allylic oxidation sites excluding steroid dienone is 8. The van der Waals surface area contributed by atoms with Crippen molar-refractivity contribution in [2.75, 3.05) is 4.90 Å². The summed E-state index contributed by atoms with van der Waals surface area (Å²) >= 11 is 2.27. The minimum Gasteiger partial charge on any atom is -0.337 e. The number of rotatable bonds is 4. The second-order valence-electron chi connectivity index (χ2n) is 14.7. The van der Waals surface area contributed by atoms with Crippen LogP contribution in [0.25, 0.3) is 0 Å². The maximum Gasteiger partial charge on any atom is 0.0842 e. The zero-order valence-corrected chi connectivity index (χ0v) is 27.0. The van der Waals surface area contributed by atoms with Crippen molar-refractivity contribution in [3.8, 4) is 0 Å². The number of thioether (sulfide) groups is 1. The van der Waals surface area contributed by atoms with E-state index in [9.17, 15) is 0 Å². The van der Waals surface area contributed by atoms with Crippen LogP contribution in [0, 0.1) is 17.8 Å². The van der Waals surface area contributed by atoms with E-state index < -0.39 is 0 Å². The average molecular weight is 604 g/mol. The van der Waals surface area contributed by atoms with Gasteiger partial charge in [-0.1, -0.05) is 79.5 Å². The maximum atomic E-state index is 4.22. The summed E-state index contributed by atoms with van der Waals surface area (Å²) in [5.41, 5.74) is 9.41. The highest BCUT2D eigenvalue weighted by atomic mass is 32.2. The first kappa shape index (κ1) is 28.0. The van der Waals surface area contributed by atoms with Crippen molar-refractivity contribution in [1.82, 2.24) is 10.6 Å². The van der Waals surface area contributed by atoms with Crippen LogP contribution < -0.4 is 15.5 Å². The van der Waals surface area contributed by atoms with Crippen LogP contribution >= 0.6 is 11.8 Å². The summed E-state index contributed by atoms with van der Waals surface area (Å²) in [5, 5.41) is 9.09. The first-order valence-corrected chi connectivity index (χ1v) is 18.9. The quantitative estimate of drug-likeness (QED) is 0.335. The van der Waals surface area contributed by atoms with Crippen molar-refractivity contribution >= 4 is 17.4 Å². The smallest absolute Gasteiger partial charge is 0.0842 e. The number of benzene rings is 1. The first-order valence-electron chi connectivity index (χ1n) is 18.1. The molecule has 9 rings (SSSR count). The third-order valence-electron chi connectivity index (χ3n) is 12.3. The van der Waals surface area contributed by atoms with E-state index in [2.05, 4.69) is 94.1 Å². The van der Waals surface area contributed by atoms with E-state index in [0.717, 1.165) is 24.7 Å². The number of hydrogen-bond donors (Lipinski definition) is 2. The fourth-order valence-corrected chi connectivity index (χ4v) is 12.0. The van der Waals surface area contributed by atoms with E-state index >= 15 is 0 Å². The SMILES string of the molecule is C1=CC2C3=C(CCC=C3)N(c3ccc(C4NC(C5=CCCC6C7=C(CCCC7)SC56)CC(C5CCCCC5)N4)cc3)C2C=C1. The Bertz CT molecular complexity index is 1450. The van der Waals surface area contributed by atoms with Gasteiger partial charge in [-0.15, -0.1) is 11.8 Å². The van der Waals surface area contributed by atoms with Crippen LogP contribution in [-0.4, -0.2) is 23.4 Å². The van der Waals surface area contributed by atoms with E-state index in [1.807, 2.05) is 5.57 Å². The molecule has 1 aromatic rings. The second-order valence-corrected chi connectivity index (χ2v) is 16.0. The van der Waals surface area contributed by atoms with E-state index in [-0.39, 0.29) is 6.17 Å². The number of nitrogens with zero attached hydrogens (tertiary/aromatic N) is 1. The van der Waals surface area contributed by atoms with E-state index in [0.29, 0.717) is 29.3 Å². The number of anilines is 1. The standard InChI is InChI=1S/C40H49N3S/c1-2-11-26(12-3-1)34-25-35(33-17-10-16-32-31-15-6-9-20-38(31)44-39(32)33)42-40(41-34)27-21-23-28(24-22-27)43-36-18-7-4-13-29(36)30-14-5-8-19-37(30)43/h4-5,7,13-14,17-18,21-24,26,29,32,34-36,39-42H,1-3,6,8-12,15-16,19-20,25H2. The van der Waals surface area contributed by atoms with Gasteiger partial charge >= 0.3 is 0 Å². The fraction of sp³-hybridized carbons (Fsp3) is 0.550. The number of fused-ring (bicyclic) bond motifs is 4. The van der Waals surface area contributed by atoms with E-state index in [4.69, 9.17) is 0 Å². The van der Waals surface area contributed by atoms with Crippen LogP contribution in [0.5, 0.6) is 0 Å². The maximum absolute atomic E-state index is 4.22. The lowest BCUT2D eigenvalue weighted by Gasteiger charge is -2.45. The van der Waals surface area contributed by atoms with Gasteiger partial charge < -0.3 is 4.90 Å². The van der Waals surface area contributed by atoms with E-state index in [1.165, 1.54) is 99.6 Å². The Morgan fingerprint density at radius 2 is 1.68 bits per heavy atom. The van der Waals surface area contributed by atoms with Crippen LogP contribution in [0.1, 0.15) is 102 Å². The Balaban J connectivity index is 0.995. The average Bonchev–Trinajstić information content (AvgIpc) is 3.65. The lowest BCUT2D eigenvalue weighted by molar-refractivity contribution is 0.174. The summed E-state index contributed by atoms with van der Waals surface area (Å²) in [5.74, 6) is 2.10. The third kappa shape index (κ3) is 4.86. The molecule has 2 N–H and O–H groups in total. The van der Waals surface area contributed by atoms with Crippen molar-refractivity contribution in [3.63, 3.8) is 0 Å². The van der Waals surface area contributed by atoms with Gasteiger partial charge in [0, 0.05) is 34.6 Å². The predicted molar refractivity (Wildman–Crippen MR) is 185 cm³/mol. The van der Waals surface area contributed by atoms with Gasteiger partial charge in [-0.2, -0.15) is 0 Å². The molecule has 7 unspecified atom stereocenters. The van der Waals surface area contributed by atoms with Crippen molar-refractivity contribution < 1.29 is 0 Å². The molecule has 3 aliphatic heterocycles. The molecule has 0 spiro atoms. The highest BCUT2D eigenvalue weighted by molar-refractivity contribution is 8.04. The molecule has 5 aliphatic carbocycles. The molecule has 0 aromatic heterocycles. The van der Waals surface area contributed by atoms with Crippen LogP contribution in [0.2, 0.25) is 0 Å². The zero-order chi connectivity index (χ0) is 29.0. The summed E-state index contributed by atoms with van der Waals surface area (Å²) in [7, 11) is 0. The van der Waals surface area contributed by atoms with E-state index in [1.54, 1.807) is 10.5 Å². The minimum absolute atomic E-state index is 0.209. The molecule has 7 atom stereocenters. The van der Waals surface area contributed by atoms with Crippen LogP contribution in [0.3, 0.4) is 0 Å². The number of hydrogen-bond acceptors (Lipinski definition) is 4. The Labute approximate surface area is 269 Å². The van der Waals surface area contributed by atoms with Gasteiger partial charge in [0.25, 0.3) is 0 Å². The second kappa shape index (κ2) is 11.8. The van der Waals surface area contributed by atoms with Crippen LogP contribution in [-0.2, 0) is 0 Å². The molecule has 0 bridgehead atoms.